The second-order valence-electron chi connectivity index (χ2n) is 6.00. The van der Waals surface area contributed by atoms with E-state index in [1.54, 1.807) is 47.2 Å². The second kappa shape index (κ2) is 8.25. The number of nitrogens with one attached hydrogen (secondary N) is 1. The van der Waals surface area contributed by atoms with Gasteiger partial charge in [0, 0.05) is 24.4 Å². The van der Waals surface area contributed by atoms with Gasteiger partial charge in [-0.15, -0.1) is 0 Å². The van der Waals surface area contributed by atoms with Crippen molar-refractivity contribution >= 4 is 11.6 Å². The van der Waals surface area contributed by atoms with E-state index in [-0.39, 0.29) is 23.7 Å². The summed E-state index contributed by atoms with van der Waals surface area (Å²) >= 11 is 0. The summed E-state index contributed by atoms with van der Waals surface area (Å²) in [5.74, 6) is -0.457. The predicted octanol–water partition coefficient (Wildman–Crippen LogP) is 3.61. The molecule has 0 saturated carbocycles. The molecule has 0 atom stereocenters. The summed E-state index contributed by atoms with van der Waals surface area (Å²) in [5, 5.41) is 2.80. The first-order valence-corrected chi connectivity index (χ1v) is 8.39. The van der Waals surface area contributed by atoms with Crippen molar-refractivity contribution in [2.45, 2.75) is 19.4 Å². The third kappa shape index (κ3) is 4.66. The van der Waals surface area contributed by atoms with Crippen LogP contribution in [0.5, 0.6) is 0 Å². The molecule has 0 aliphatic carbocycles. The molecule has 0 aliphatic rings. The maximum absolute atomic E-state index is 13.6. The largest absolute Gasteiger partial charge is 0.326 e. The summed E-state index contributed by atoms with van der Waals surface area (Å²) in [4.78, 5) is 23.8. The molecule has 0 aliphatic heterocycles. The molecule has 1 N–H and O–H groups in total. The zero-order chi connectivity index (χ0) is 18.4. The van der Waals surface area contributed by atoms with Crippen LogP contribution in [0, 0.1) is 5.82 Å². The SMILES string of the molecule is O=C(CCc1ccccc1F)Nc1ccc(Cn2ccccc2=O)cc1. The summed E-state index contributed by atoms with van der Waals surface area (Å²) in [5.41, 5.74) is 2.11. The van der Waals surface area contributed by atoms with Gasteiger partial charge in [-0.2, -0.15) is 0 Å². The van der Waals surface area contributed by atoms with Crippen LogP contribution in [0.2, 0.25) is 0 Å². The highest BCUT2D eigenvalue weighted by atomic mass is 19.1. The van der Waals surface area contributed by atoms with E-state index in [1.165, 1.54) is 12.1 Å². The van der Waals surface area contributed by atoms with Crippen LogP contribution in [0.4, 0.5) is 10.1 Å². The standard InChI is InChI=1S/C21H19FN2O2/c22-19-6-2-1-5-17(19)10-13-20(25)23-18-11-8-16(9-12-18)15-24-14-4-3-7-21(24)26/h1-9,11-12,14H,10,13,15H2,(H,23,25). The fourth-order valence-corrected chi connectivity index (χ4v) is 2.65. The van der Waals surface area contributed by atoms with Gasteiger partial charge in [-0.05, 0) is 41.8 Å². The molecule has 0 radical (unpaired) electrons. The summed E-state index contributed by atoms with van der Waals surface area (Å²) in [6.07, 6.45) is 2.30. The molecule has 0 fully saturated rings. The van der Waals surface area contributed by atoms with Crippen molar-refractivity contribution in [3.63, 3.8) is 0 Å². The molecule has 0 bridgehead atoms. The number of carbonyl (C=O) groups excluding carboxylic acids is 1. The summed E-state index contributed by atoms with van der Waals surface area (Å²) in [6.45, 7) is 0.473. The topological polar surface area (TPSA) is 51.1 Å². The van der Waals surface area contributed by atoms with E-state index in [0.29, 0.717) is 24.2 Å². The van der Waals surface area contributed by atoms with Crippen LogP contribution < -0.4 is 10.9 Å². The van der Waals surface area contributed by atoms with Gasteiger partial charge in [0.1, 0.15) is 5.82 Å². The van der Waals surface area contributed by atoms with Crippen LogP contribution >= 0.6 is 0 Å². The highest BCUT2D eigenvalue weighted by Crippen LogP contribution is 2.13. The van der Waals surface area contributed by atoms with Crippen LogP contribution in [0.3, 0.4) is 0 Å². The lowest BCUT2D eigenvalue weighted by molar-refractivity contribution is -0.116. The first-order valence-electron chi connectivity index (χ1n) is 8.39. The van der Waals surface area contributed by atoms with E-state index in [2.05, 4.69) is 5.32 Å². The monoisotopic (exact) mass is 350 g/mol. The molecule has 3 aromatic rings. The second-order valence-corrected chi connectivity index (χ2v) is 6.00. The number of amides is 1. The fourth-order valence-electron chi connectivity index (χ4n) is 2.65. The maximum atomic E-state index is 13.6. The molecule has 0 unspecified atom stereocenters. The number of benzene rings is 2. The van der Waals surface area contributed by atoms with Crippen molar-refractivity contribution in [2.75, 3.05) is 5.32 Å². The van der Waals surface area contributed by atoms with Gasteiger partial charge >= 0.3 is 0 Å². The Labute approximate surface area is 150 Å². The number of hydrogen-bond acceptors (Lipinski definition) is 2. The first kappa shape index (κ1) is 17.6. The normalized spacial score (nSPS) is 10.5. The van der Waals surface area contributed by atoms with Crippen molar-refractivity contribution in [2.24, 2.45) is 0 Å². The summed E-state index contributed by atoms with van der Waals surface area (Å²) < 4.78 is 15.2. The Balaban J connectivity index is 1.55. The van der Waals surface area contributed by atoms with Gasteiger partial charge in [0.15, 0.2) is 0 Å². The number of carbonyl (C=O) groups is 1. The van der Waals surface area contributed by atoms with E-state index >= 15 is 0 Å². The number of rotatable bonds is 6. The highest BCUT2D eigenvalue weighted by molar-refractivity contribution is 5.90. The third-order valence-electron chi connectivity index (χ3n) is 4.07. The molecule has 1 amide bonds. The minimum absolute atomic E-state index is 0.0574. The van der Waals surface area contributed by atoms with Crippen LogP contribution in [0.15, 0.2) is 77.7 Å². The quantitative estimate of drug-likeness (QED) is 0.738. The lowest BCUT2D eigenvalue weighted by Gasteiger charge is -2.08. The van der Waals surface area contributed by atoms with Crippen molar-refractivity contribution in [1.29, 1.82) is 0 Å². The molecular weight excluding hydrogens is 331 g/mol. The molecule has 0 spiro atoms. The number of pyridine rings is 1. The zero-order valence-corrected chi connectivity index (χ0v) is 14.2. The van der Waals surface area contributed by atoms with E-state index < -0.39 is 0 Å². The predicted molar refractivity (Wildman–Crippen MR) is 99.6 cm³/mol. The van der Waals surface area contributed by atoms with E-state index in [0.717, 1.165) is 5.56 Å². The van der Waals surface area contributed by atoms with Crippen LogP contribution in [-0.2, 0) is 17.8 Å². The number of nitrogens with zero attached hydrogens (tertiary/aromatic N) is 1. The van der Waals surface area contributed by atoms with Gasteiger partial charge in [-0.1, -0.05) is 36.4 Å². The zero-order valence-electron chi connectivity index (χ0n) is 14.2. The van der Waals surface area contributed by atoms with Crippen molar-refractivity contribution in [3.8, 4) is 0 Å². The fraction of sp³-hybridized carbons (Fsp3) is 0.143. The molecule has 1 heterocycles. The van der Waals surface area contributed by atoms with Crippen molar-refractivity contribution in [3.05, 3.63) is 100 Å². The molecule has 3 rings (SSSR count). The van der Waals surface area contributed by atoms with Gasteiger partial charge in [0.2, 0.25) is 5.91 Å². The molecule has 132 valence electrons. The first-order chi connectivity index (χ1) is 12.6. The molecule has 4 nitrogen and oxygen atoms in total. The van der Waals surface area contributed by atoms with Gasteiger partial charge < -0.3 is 9.88 Å². The smallest absolute Gasteiger partial charge is 0.250 e. The molecule has 1 aromatic heterocycles. The summed E-state index contributed by atoms with van der Waals surface area (Å²) in [7, 11) is 0. The Kier molecular flexibility index (Phi) is 5.59. The van der Waals surface area contributed by atoms with E-state index in [9.17, 15) is 14.0 Å². The lowest BCUT2D eigenvalue weighted by Crippen LogP contribution is -2.18. The third-order valence-corrected chi connectivity index (χ3v) is 4.07. The maximum Gasteiger partial charge on any atom is 0.250 e. The van der Waals surface area contributed by atoms with Gasteiger partial charge in [0.25, 0.3) is 5.56 Å². The van der Waals surface area contributed by atoms with Gasteiger partial charge in [0.05, 0.1) is 6.54 Å². The summed E-state index contributed by atoms with van der Waals surface area (Å²) in [6, 6.07) is 18.8. The number of hydrogen-bond donors (Lipinski definition) is 1. The van der Waals surface area contributed by atoms with Crippen LogP contribution in [0.25, 0.3) is 0 Å². The Hall–Kier alpha value is -3.21. The minimum Gasteiger partial charge on any atom is -0.326 e. The molecule has 5 heteroatoms. The Bertz CT molecular complexity index is 948. The number of aromatic nitrogens is 1. The van der Waals surface area contributed by atoms with Gasteiger partial charge in [-0.25, -0.2) is 4.39 Å². The van der Waals surface area contributed by atoms with E-state index in [1.807, 2.05) is 18.2 Å². The average molecular weight is 350 g/mol. The van der Waals surface area contributed by atoms with Crippen molar-refractivity contribution < 1.29 is 9.18 Å². The van der Waals surface area contributed by atoms with Crippen molar-refractivity contribution in [1.82, 2.24) is 4.57 Å². The molecule has 2 aromatic carbocycles. The lowest BCUT2D eigenvalue weighted by atomic mass is 10.1. The molecule has 26 heavy (non-hydrogen) atoms. The molecule has 0 saturated heterocycles. The Morgan fingerprint density at radius 2 is 1.69 bits per heavy atom. The highest BCUT2D eigenvalue weighted by Gasteiger charge is 2.06. The Morgan fingerprint density at radius 3 is 2.42 bits per heavy atom. The van der Waals surface area contributed by atoms with E-state index in [4.69, 9.17) is 0 Å². The van der Waals surface area contributed by atoms with Gasteiger partial charge in [-0.3, -0.25) is 9.59 Å². The van der Waals surface area contributed by atoms with Crippen LogP contribution in [-0.4, -0.2) is 10.5 Å². The molecular formula is C21H19FN2O2. The minimum atomic E-state index is -0.291. The number of aryl methyl sites for hydroxylation is 1. The average Bonchev–Trinajstić information content (AvgIpc) is 2.64. The van der Waals surface area contributed by atoms with Crippen LogP contribution in [0.1, 0.15) is 17.5 Å². The Morgan fingerprint density at radius 1 is 0.962 bits per heavy atom. The number of anilines is 1. The number of halogens is 1.